The van der Waals surface area contributed by atoms with Crippen molar-refractivity contribution in [3.05, 3.63) is 65.2 Å². The Bertz CT molecular complexity index is 924. The van der Waals surface area contributed by atoms with Crippen LogP contribution in [-0.4, -0.2) is 24.3 Å². The minimum absolute atomic E-state index is 0.0930. The molecular formula is C27H36Br2N2NiO. The molecule has 1 aliphatic heterocycles. The van der Waals surface area contributed by atoms with Gasteiger partial charge in [-0.3, -0.25) is 0 Å². The molecule has 1 aliphatic rings. The van der Waals surface area contributed by atoms with Gasteiger partial charge in [0.1, 0.15) is 5.71 Å². The summed E-state index contributed by atoms with van der Waals surface area (Å²) in [6.45, 7) is 16.3. The number of rotatable bonds is 5. The second kappa shape index (κ2) is 13.2. The summed E-state index contributed by atoms with van der Waals surface area (Å²) in [5.41, 5.74) is 5.55. The van der Waals surface area contributed by atoms with Crippen molar-refractivity contribution in [2.45, 2.75) is 72.8 Å². The van der Waals surface area contributed by atoms with Gasteiger partial charge in [0.25, 0.3) is 0 Å². The summed E-state index contributed by atoms with van der Waals surface area (Å²) in [5, 5.41) is 0. The fourth-order valence-corrected chi connectivity index (χ4v) is 3.85. The summed E-state index contributed by atoms with van der Waals surface area (Å²) >= 11 is 6.00. The zero-order chi connectivity index (χ0) is 24.6. The SMILES string of the molecule is CC(C)c1cccc(C(C)C)c1N=C(C1=N[C@@H](C(C)(C)C)CCO1)c1ccccc1.[Br][Ni][Br]. The summed E-state index contributed by atoms with van der Waals surface area (Å²) in [7, 11) is 1.25. The molecule has 0 amide bonds. The molecule has 33 heavy (non-hydrogen) atoms. The number of hydrogen-bond donors (Lipinski definition) is 0. The molecule has 3 nitrogen and oxygen atoms in total. The number of para-hydroxylation sites is 1. The van der Waals surface area contributed by atoms with E-state index in [1.54, 1.807) is 0 Å². The Kier molecular flexibility index (Phi) is 11.3. The molecule has 0 saturated carbocycles. The van der Waals surface area contributed by atoms with E-state index in [-0.39, 0.29) is 11.5 Å². The van der Waals surface area contributed by atoms with Crippen LogP contribution in [0.3, 0.4) is 0 Å². The molecule has 0 bridgehead atoms. The number of ether oxygens (including phenoxy) is 1. The first-order valence-electron chi connectivity index (χ1n) is 11.4. The quantitative estimate of drug-likeness (QED) is 0.242. The Labute approximate surface area is 220 Å². The van der Waals surface area contributed by atoms with Gasteiger partial charge in [0.15, 0.2) is 0 Å². The molecule has 0 saturated heterocycles. The maximum absolute atomic E-state index is 6.11. The van der Waals surface area contributed by atoms with E-state index >= 15 is 0 Å². The summed E-state index contributed by atoms with van der Waals surface area (Å²) in [6.07, 6.45) is 0.939. The normalized spacial score (nSPS) is 16.9. The second-order valence-corrected chi connectivity index (χ2v) is 14.9. The van der Waals surface area contributed by atoms with E-state index in [2.05, 4.69) is 107 Å². The molecule has 0 unspecified atom stereocenters. The molecule has 3 rings (SSSR count). The van der Waals surface area contributed by atoms with Crippen molar-refractivity contribution in [2.75, 3.05) is 6.61 Å². The molecule has 0 aliphatic carbocycles. The average Bonchev–Trinajstić information content (AvgIpc) is 2.77. The third-order valence-electron chi connectivity index (χ3n) is 5.72. The van der Waals surface area contributed by atoms with Gasteiger partial charge in [-0.25, -0.2) is 9.98 Å². The summed E-state index contributed by atoms with van der Waals surface area (Å²) in [4.78, 5) is 10.3. The number of hydrogen-bond acceptors (Lipinski definition) is 3. The first-order chi connectivity index (χ1) is 15.6. The van der Waals surface area contributed by atoms with Gasteiger partial charge in [-0.15, -0.1) is 0 Å². The van der Waals surface area contributed by atoms with Crippen LogP contribution >= 0.6 is 28.5 Å². The predicted octanol–water partition coefficient (Wildman–Crippen LogP) is 8.98. The molecule has 1 heterocycles. The van der Waals surface area contributed by atoms with Crippen LogP contribution in [-0.2, 0) is 15.6 Å². The Balaban J connectivity index is 0.00000122. The number of benzene rings is 2. The van der Waals surface area contributed by atoms with Gasteiger partial charge in [0.2, 0.25) is 5.90 Å². The van der Waals surface area contributed by atoms with E-state index in [4.69, 9.17) is 14.7 Å². The van der Waals surface area contributed by atoms with Gasteiger partial charge in [-0.05, 0) is 28.4 Å². The molecule has 6 heteroatoms. The molecule has 1 atom stereocenters. The molecule has 2 aromatic carbocycles. The molecule has 0 fully saturated rings. The molecule has 0 radical (unpaired) electrons. The molecule has 0 N–H and O–H groups in total. The third kappa shape index (κ3) is 8.04. The van der Waals surface area contributed by atoms with E-state index in [0.29, 0.717) is 24.3 Å². The van der Waals surface area contributed by atoms with Crippen LogP contribution in [0.4, 0.5) is 5.69 Å². The summed E-state index contributed by atoms with van der Waals surface area (Å²) in [6, 6.07) is 17.1. The van der Waals surface area contributed by atoms with Crippen LogP contribution < -0.4 is 0 Å². The Hall–Kier alpha value is -0.966. The maximum atomic E-state index is 6.11. The van der Waals surface area contributed by atoms with Crippen LogP contribution in [0.15, 0.2) is 58.5 Å². The summed E-state index contributed by atoms with van der Waals surface area (Å²) in [5.74, 6) is 1.44. The van der Waals surface area contributed by atoms with Crippen molar-refractivity contribution in [1.82, 2.24) is 0 Å². The van der Waals surface area contributed by atoms with E-state index in [1.165, 1.54) is 22.0 Å². The molecule has 0 aromatic heterocycles. The van der Waals surface area contributed by atoms with Crippen molar-refractivity contribution < 1.29 is 15.6 Å². The van der Waals surface area contributed by atoms with Gasteiger partial charge < -0.3 is 4.74 Å². The summed E-state index contributed by atoms with van der Waals surface area (Å²) < 4.78 is 6.11. The van der Waals surface area contributed by atoms with Gasteiger partial charge in [-0.1, -0.05) is 97.0 Å². The van der Waals surface area contributed by atoms with Crippen LogP contribution in [0.1, 0.15) is 83.4 Å². The van der Waals surface area contributed by atoms with Crippen molar-refractivity contribution in [1.29, 1.82) is 0 Å². The van der Waals surface area contributed by atoms with Crippen LogP contribution in [0, 0.1) is 5.41 Å². The molecule has 0 spiro atoms. The topological polar surface area (TPSA) is 34.0 Å². The van der Waals surface area contributed by atoms with Gasteiger partial charge in [0.05, 0.1) is 18.3 Å². The zero-order valence-electron chi connectivity index (χ0n) is 20.6. The van der Waals surface area contributed by atoms with Crippen molar-refractivity contribution in [2.24, 2.45) is 15.4 Å². The van der Waals surface area contributed by atoms with Crippen LogP contribution in [0.5, 0.6) is 0 Å². The first kappa shape index (κ1) is 28.3. The van der Waals surface area contributed by atoms with Gasteiger partial charge in [-0.2, -0.15) is 0 Å². The van der Waals surface area contributed by atoms with Gasteiger partial charge in [0, 0.05) is 12.0 Å². The number of halogens is 2. The Morgan fingerprint density at radius 1 is 0.970 bits per heavy atom. The monoisotopic (exact) mass is 620 g/mol. The van der Waals surface area contributed by atoms with Crippen LogP contribution in [0.2, 0.25) is 0 Å². The number of nitrogens with zero attached hydrogens (tertiary/aromatic N) is 2. The first-order valence-corrected chi connectivity index (χ1v) is 16.3. The molecule has 184 valence electrons. The fraction of sp³-hybridized carbons (Fsp3) is 0.481. The standard InChI is InChI=1S/C27H36N2O.2BrH.Ni/c1-18(2)21-14-11-15-22(19(3)4)25(21)29-24(20-12-9-8-10-13-20)26-28-23(16-17-30-26)27(5,6)7;;;/h8-15,18-19,23H,16-17H2,1-7H3;2*1H;/q;;;+2/p-2/t23-;;;/m1.../s1. The van der Waals surface area contributed by atoms with Gasteiger partial charge >= 0.3 is 39.3 Å². The predicted molar refractivity (Wildman–Crippen MR) is 146 cm³/mol. The van der Waals surface area contributed by atoms with Crippen molar-refractivity contribution >= 4 is 45.7 Å². The van der Waals surface area contributed by atoms with E-state index in [1.807, 2.05) is 18.2 Å². The zero-order valence-corrected chi connectivity index (χ0v) is 24.8. The number of aliphatic imine (C=N–C) groups is 2. The minimum atomic E-state index is 0.0930. The Morgan fingerprint density at radius 2 is 1.52 bits per heavy atom. The van der Waals surface area contributed by atoms with E-state index in [0.717, 1.165) is 23.4 Å². The second-order valence-electron chi connectivity index (χ2n) is 9.92. The average molecular weight is 623 g/mol. The van der Waals surface area contributed by atoms with E-state index in [9.17, 15) is 0 Å². The van der Waals surface area contributed by atoms with Crippen molar-refractivity contribution in [3.63, 3.8) is 0 Å². The Morgan fingerprint density at radius 3 is 2.00 bits per heavy atom. The molecular weight excluding hydrogens is 587 g/mol. The van der Waals surface area contributed by atoms with Crippen LogP contribution in [0.25, 0.3) is 0 Å². The third-order valence-corrected chi connectivity index (χ3v) is 5.72. The molecule has 2 aromatic rings. The van der Waals surface area contributed by atoms with Crippen molar-refractivity contribution in [3.8, 4) is 0 Å². The fourth-order valence-electron chi connectivity index (χ4n) is 3.85. The van der Waals surface area contributed by atoms with E-state index < -0.39 is 0 Å².